The molecule has 2 rings (SSSR count). The van der Waals surface area contributed by atoms with Crippen LogP contribution < -0.4 is 0 Å². The van der Waals surface area contributed by atoms with E-state index in [1.165, 1.54) is 16.4 Å². The normalized spacial score (nSPS) is 12.8. The summed E-state index contributed by atoms with van der Waals surface area (Å²) in [7, 11) is -3.63. The highest BCUT2D eigenvalue weighted by molar-refractivity contribution is 7.89. The second-order valence-corrected chi connectivity index (χ2v) is 7.96. The maximum Gasteiger partial charge on any atom is 0.339 e. The molecule has 2 aromatic carbocycles. The molecule has 0 aliphatic carbocycles. The fourth-order valence-corrected chi connectivity index (χ4v) is 4.19. The molecule has 0 bridgehead atoms. The van der Waals surface area contributed by atoms with Gasteiger partial charge in [-0.3, -0.25) is 0 Å². The molecule has 0 saturated carbocycles. The summed E-state index contributed by atoms with van der Waals surface area (Å²) >= 11 is 0. The second-order valence-electron chi connectivity index (χ2n) is 6.02. The van der Waals surface area contributed by atoms with Crippen molar-refractivity contribution < 1.29 is 17.9 Å². The van der Waals surface area contributed by atoms with Gasteiger partial charge in [0.05, 0.1) is 10.5 Å². The van der Waals surface area contributed by atoms with Crippen molar-refractivity contribution in [3.8, 4) is 0 Å². The minimum Gasteiger partial charge on any atom is -0.454 e. The van der Waals surface area contributed by atoms with E-state index in [0.29, 0.717) is 18.7 Å². The highest BCUT2D eigenvalue weighted by atomic mass is 32.2. The molecule has 0 spiro atoms. The molecule has 2 aromatic rings. The number of sulfonamides is 1. The lowest BCUT2D eigenvalue weighted by Crippen LogP contribution is -2.30. The van der Waals surface area contributed by atoms with E-state index in [0.717, 1.165) is 5.56 Å². The highest BCUT2D eigenvalue weighted by Gasteiger charge is 2.24. The lowest BCUT2D eigenvalue weighted by Gasteiger charge is -2.19. The van der Waals surface area contributed by atoms with Crippen LogP contribution in [-0.4, -0.2) is 31.8 Å². The Balaban J connectivity index is 2.31. The Kier molecular flexibility index (Phi) is 6.56. The Morgan fingerprint density at radius 2 is 1.69 bits per heavy atom. The van der Waals surface area contributed by atoms with Crippen molar-refractivity contribution in [2.45, 2.75) is 38.7 Å². The van der Waals surface area contributed by atoms with Crippen molar-refractivity contribution in [3.63, 3.8) is 0 Å². The summed E-state index contributed by atoms with van der Waals surface area (Å²) in [6.45, 7) is 7.86. The number of esters is 1. The van der Waals surface area contributed by atoms with Gasteiger partial charge < -0.3 is 4.74 Å². The molecular weight excluding hydrogens is 350 g/mol. The fraction of sp³-hybridized carbons (Fsp3) is 0.350. The summed E-state index contributed by atoms with van der Waals surface area (Å²) in [6, 6.07) is 14.0. The summed E-state index contributed by atoms with van der Waals surface area (Å²) in [5.41, 5.74) is 1.82. The molecule has 0 aliphatic heterocycles. The molecule has 0 radical (unpaired) electrons. The van der Waals surface area contributed by atoms with Gasteiger partial charge in [-0.25, -0.2) is 13.2 Å². The van der Waals surface area contributed by atoms with Crippen LogP contribution in [0.1, 0.15) is 48.4 Å². The number of aryl methyl sites for hydroxylation is 1. The monoisotopic (exact) mass is 375 g/mol. The summed E-state index contributed by atoms with van der Waals surface area (Å²) in [5.74, 6) is -0.532. The van der Waals surface area contributed by atoms with Crippen LogP contribution in [0.4, 0.5) is 0 Å². The van der Waals surface area contributed by atoms with Crippen LogP contribution in [0.25, 0.3) is 0 Å². The highest BCUT2D eigenvalue weighted by Crippen LogP contribution is 2.23. The maximum absolute atomic E-state index is 12.7. The number of rotatable bonds is 7. The van der Waals surface area contributed by atoms with Gasteiger partial charge in [-0.15, -0.1) is 0 Å². The molecule has 0 aliphatic rings. The van der Waals surface area contributed by atoms with Gasteiger partial charge in [0.15, 0.2) is 0 Å². The van der Waals surface area contributed by atoms with E-state index < -0.39 is 22.1 Å². The smallest absolute Gasteiger partial charge is 0.339 e. The first-order chi connectivity index (χ1) is 12.3. The quantitative estimate of drug-likeness (QED) is 0.688. The molecular formula is C20H25NO4S. The minimum absolute atomic E-state index is 0.103. The Morgan fingerprint density at radius 1 is 1.08 bits per heavy atom. The molecule has 0 heterocycles. The van der Waals surface area contributed by atoms with E-state index in [4.69, 9.17) is 4.74 Å². The Bertz CT molecular complexity index is 859. The largest absolute Gasteiger partial charge is 0.454 e. The summed E-state index contributed by atoms with van der Waals surface area (Å²) in [5, 5.41) is 0. The molecule has 0 aromatic heterocycles. The Hall–Kier alpha value is -2.18. The first-order valence-electron chi connectivity index (χ1n) is 8.68. The van der Waals surface area contributed by atoms with Gasteiger partial charge in [-0.05, 0) is 37.1 Å². The molecule has 0 unspecified atom stereocenters. The van der Waals surface area contributed by atoms with Crippen molar-refractivity contribution in [1.82, 2.24) is 4.31 Å². The number of hydrogen-bond acceptors (Lipinski definition) is 4. The number of ether oxygens (including phenoxy) is 1. The third-order valence-corrected chi connectivity index (χ3v) is 6.37. The van der Waals surface area contributed by atoms with Crippen molar-refractivity contribution in [2.75, 3.05) is 13.1 Å². The summed E-state index contributed by atoms with van der Waals surface area (Å²) in [4.78, 5) is 12.7. The van der Waals surface area contributed by atoms with E-state index in [1.807, 2.05) is 30.3 Å². The molecule has 5 nitrogen and oxygen atoms in total. The van der Waals surface area contributed by atoms with E-state index >= 15 is 0 Å². The van der Waals surface area contributed by atoms with Crippen molar-refractivity contribution >= 4 is 16.0 Å². The second kappa shape index (κ2) is 8.47. The van der Waals surface area contributed by atoms with Gasteiger partial charge in [0.25, 0.3) is 0 Å². The molecule has 0 amide bonds. The molecule has 0 N–H and O–H groups in total. The summed E-state index contributed by atoms with van der Waals surface area (Å²) < 4.78 is 32.3. The molecule has 0 fully saturated rings. The van der Waals surface area contributed by atoms with Crippen LogP contribution in [0.3, 0.4) is 0 Å². The third-order valence-electron chi connectivity index (χ3n) is 4.32. The predicted molar refractivity (Wildman–Crippen MR) is 102 cm³/mol. The van der Waals surface area contributed by atoms with E-state index in [2.05, 4.69) is 0 Å². The van der Waals surface area contributed by atoms with Gasteiger partial charge >= 0.3 is 5.97 Å². The van der Waals surface area contributed by atoms with Crippen LogP contribution >= 0.6 is 0 Å². The van der Waals surface area contributed by atoms with Crippen molar-refractivity contribution in [2.24, 2.45) is 0 Å². The Morgan fingerprint density at radius 3 is 2.27 bits per heavy atom. The van der Waals surface area contributed by atoms with E-state index in [9.17, 15) is 13.2 Å². The molecule has 0 saturated heterocycles. The Labute approximate surface area is 155 Å². The van der Waals surface area contributed by atoms with Gasteiger partial charge in [0, 0.05) is 13.1 Å². The van der Waals surface area contributed by atoms with Gasteiger partial charge in [-0.2, -0.15) is 4.31 Å². The first kappa shape index (κ1) is 20.1. The van der Waals surface area contributed by atoms with Crippen LogP contribution in [-0.2, 0) is 14.8 Å². The molecule has 26 heavy (non-hydrogen) atoms. The van der Waals surface area contributed by atoms with E-state index in [1.54, 1.807) is 33.8 Å². The molecule has 1 atom stereocenters. The topological polar surface area (TPSA) is 63.7 Å². The van der Waals surface area contributed by atoms with Crippen LogP contribution in [0.15, 0.2) is 53.4 Å². The fourth-order valence-electron chi connectivity index (χ4n) is 2.71. The van der Waals surface area contributed by atoms with Crippen molar-refractivity contribution in [3.05, 3.63) is 65.2 Å². The average molecular weight is 375 g/mol. The number of hydrogen-bond donors (Lipinski definition) is 0. The lowest BCUT2D eigenvalue weighted by molar-refractivity contribution is 0.0336. The van der Waals surface area contributed by atoms with Crippen LogP contribution in [0.5, 0.6) is 0 Å². The average Bonchev–Trinajstić information content (AvgIpc) is 2.63. The number of benzene rings is 2. The zero-order valence-corrected chi connectivity index (χ0v) is 16.4. The number of nitrogens with zero attached hydrogens (tertiary/aromatic N) is 1. The SMILES string of the molecule is CCN(CC)S(=O)(=O)c1ccc(C)c(C(=O)O[C@@H](C)c2ccccc2)c1. The first-order valence-corrected chi connectivity index (χ1v) is 10.1. The lowest BCUT2D eigenvalue weighted by atomic mass is 10.1. The zero-order valence-electron chi connectivity index (χ0n) is 15.6. The van der Waals surface area contributed by atoms with Crippen LogP contribution in [0, 0.1) is 6.92 Å². The third kappa shape index (κ3) is 4.31. The van der Waals surface area contributed by atoms with Crippen LogP contribution in [0.2, 0.25) is 0 Å². The van der Waals surface area contributed by atoms with E-state index in [-0.39, 0.29) is 10.5 Å². The van der Waals surface area contributed by atoms with Gasteiger partial charge in [-0.1, -0.05) is 50.2 Å². The van der Waals surface area contributed by atoms with Gasteiger partial charge in [0.2, 0.25) is 10.0 Å². The van der Waals surface area contributed by atoms with Gasteiger partial charge in [0.1, 0.15) is 6.10 Å². The molecule has 140 valence electrons. The molecule has 6 heteroatoms. The standard InChI is InChI=1S/C20H25NO4S/c1-5-21(6-2)26(23,24)18-13-12-15(3)19(14-18)20(22)25-16(4)17-10-8-7-9-11-17/h7-14,16H,5-6H2,1-4H3/t16-/m0/s1. The summed E-state index contributed by atoms with van der Waals surface area (Å²) in [6.07, 6.45) is -0.425. The zero-order chi connectivity index (χ0) is 19.3. The number of carbonyl (C=O) groups is 1. The minimum atomic E-state index is -3.63. The maximum atomic E-state index is 12.7. The number of carbonyl (C=O) groups excluding carboxylic acids is 1. The van der Waals surface area contributed by atoms with Crippen molar-refractivity contribution in [1.29, 1.82) is 0 Å². The predicted octanol–water partition coefficient (Wildman–Crippen LogP) is 3.94.